The Morgan fingerprint density at radius 2 is 2.15 bits per heavy atom. The molecule has 2 rings (SSSR count). The summed E-state index contributed by atoms with van der Waals surface area (Å²) in [5.74, 6) is 0.837. The minimum atomic E-state index is -0.500. The predicted octanol–water partition coefficient (Wildman–Crippen LogP) is 3.46. The summed E-state index contributed by atoms with van der Waals surface area (Å²) in [4.78, 5) is 10.4. The van der Waals surface area contributed by atoms with Crippen molar-refractivity contribution in [2.24, 2.45) is 0 Å². The summed E-state index contributed by atoms with van der Waals surface area (Å²) in [7, 11) is 0. The lowest BCUT2D eigenvalue weighted by Gasteiger charge is -2.05. The molecule has 6 heteroatoms. The van der Waals surface area contributed by atoms with Crippen molar-refractivity contribution in [2.45, 2.75) is 13.8 Å². The second-order valence-corrected chi connectivity index (χ2v) is 4.04. The zero-order chi connectivity index (χ0) is 14.5. The first-order chi connectivity index (χ1) is 9.63. The van der Waals surface area contributed by atoms with E-state index in [9.17, 15) is 10.1 Å². The maximum atomic E-state index is 10.9. The van der Waals surface area contributed by atoms with Crippen LogP contribution in [-0.2, 0) is 0 Å². The lowest BCUT2D eigenvalue weighted by Crippen LogP contribution is -1.93. The highest BCUT2D eigenvalue weighted by Crippen LogP contribution is 2.26. The molecule has 1 heterocycles. The van der Waals surface area contributed by atoms with E-state index in [0.29, 0.717) is 12.4 Å². The van der Waals surface area contributed by atoms with Crippen LogP contribution in [0.3, 0.4) is 0 Å². The van der Waals surface area contributed by atoms with Crippen LogP contribution in [-0.4, -0.2) is 16.7 Å². The Bertz CT molecular complexity index is 646. The van der Waals surface area contributed by atoms with Crippen LogP contribution in [0.15, 0.2) is 28.8 Å². The molecule has 0 atom stereocenters. The van der Waals surface area contributed by atoms with E-state index in [4.69, 9.17) is 9.26 Å². The summed E-state index contributed by atoms with van der Waals surface area (Å²) in [5.41, 5.74) is 0.959. The highest BCUT2D eigenvalue weighted by Gasteiger charge is 2.21. The standard InChI is InChI=1S/C14H14N2O4/c1-3-19-12-7-5-4-6-11(12)8-9-13-14(16(17)18)10(2)15-20-13/h4-9H,3H2,1-2H3/b9-8-. The number of aryl methyl sites for hydroxylation is 1. The topological polar surface area (TPSA) is 78.4 Å². The van der Waals surface area contributed by atoms with Gasteiger partial charge in [0, 0.05) is 5.56 Å². The number of hydrogen-bond acceptors (Lipinski definition) is 5. The van der Waals surface area contributed by atoms with Crippen molar-refractivity contribution in [3.05, 3.63) is 51.4 Å². The zero-order valence-corrected chi connectivity index (χ0v) is 11.2. The number of nitrogens with zero attached hydrogens (tertiary/aromatic N) is 2. The first-order valence-corrected chi connectivity index (χ1v) is 6.14. The number of ether oxygens (including phenoxy) is 1. The molecule has 0 aliphatic heterocycles. The van der Waals surface area contributed by atoms with Crippen molar-refractivity contribution in [3.63, 3.8) is 0 Å². The van der Waals surface area contributed by atoms with E-state index in [-0.39, 0.29) is 17.1 Å². The fraction of sp³-hybridized carbons (Fsp3) is 0.214. The van der Waals surface area contributed by atoms with Gasteiger partial charge in [0.05, 0.1) is 11.5 Å². The van der Waals surface area contributed by atoms with Gasteiger partial charge >= 0.3 is 5.69 Å². The highest BCUT2D eigenvalue weighted by atomic mass is 16.6. The quantitative estimate of drug-likeness (QED) is 0.616. The second kappa shape index (κ2) is 6.01. The van der Waals surface area contributed by atoms with Crippen LogP contribution in [0.1, 0.15) is 23.9 Å². The average Bonchev–Trinajstić information content (AvgIpc) is 2.79. The molecular weight excluding hydrogens is 260 g/mol. The lowest BCUT2D eigenvalue weighted by atomic mass is 10.1. The Labute approximate surface area is 115 Å². The normalized spacial score (nSPS) is 10.9. The summed E-state index contributed by atoms with van der Waals surface area (Å²) in [6.45, 7) is 3.98. The molecule has 0 spiro atoms. The predicted molar refractivity (Wildman–Crippen MR) is 74.4 cm³/mol. The fourth-order valence-corrected chi connectivity index (χ4v) is 1.78. The van der Waals surface area contributed by atoms with Crippen molar-refractivity contribution in [2.75, 3.05) is 6.61 Å². The molecule has 0 aliphatic rings. The molecular formula is C14H14N2O4. The average molecular weight is 274 g/mol. The molecule has 6 nitrogen and oxygen atoms in total. The number of para-hydroxylation sites is 1. The molecule has 0 saturated carbocycles. The minimum Gasteiger partial charge on any atom is -0.493 e. The lowest BCUT2D eigenvalue weighted by molar-refractivity contribution is -0.386. The van der Waals surface area contributed by atoms with Crippen molar-refractivity contribution < 1.29 is 14.2 Å². The van der Waals surface area contributed by atoms with Gasteiger partial charge in [-0.3, -0.25) is 10.1 Å². The molecule has 0 unspecified atom stereocenters. The Kier molecular flexibility index (Phi) is 4.14. The van der Waals surface area contributed by atoms with E-state index in [1.54, 1.807) is 6.08 Å². The van der Waals surface area contributed by atoms with Crippen LogP contribution in [0.25, 0.3) is 12.2 Å². The SMILES string of the molecule is CCOc1ccccc1/C=C\c1onc(C)c1[N+](=O)[O-]. The van der Waals surface area contributed by atoms with E-state index in [2.05, 4.69) is 5.16 Å². The van der Waals surface area contributed by atoms with Crippen LogP contribution >= 0.6 is 0 Å². The molecule has 2 aromatic rings. The molecule has 0 bridgehead atoms. The molecule has 1 aromatic carbocycles. The van der Waals surface area contributed by atoms with Crippen molar-refractivity contribution in [3.8, 4) is 5.75 Å². The molecule has 1 aromatic heterocycles. The van der Waals surface area contributed by atoms with Gasteiger partial charge in [-0.1, -0.05) is 23.4 Å². The van der Waals surface area contributed by atoms with Gasteiger partial charge in [-0.25, -0.2) is 0 Å². The molecule has 0 aliphatic carbocycles. The van der Waals surface area contributed by atoms with Gasteiger partial charge in [0.15, 0.2) is 5.69 Å². The zero-order valence-electron chi connectivity index (χ0n) is 11.2. The van der Waals surface area contributed by atoms with E-state index in [1.165, 1.54) is 13.0 Å². The monoisotopic (exact) mass is 274 g/mol. The smallest absolute Gasteiger partial charge is 0.338 e. The Balaban J connectivity index is 2.33. The molecule has 104 valence electrons. The largest absolute Gasteiger partial charge is 0.493 e. The van der Waals surface area contributed by atoms with Crippen LogP contribution in [0.5, 0.6) is 5.75 Å². The third-order valence-electron chi connectivity index (χ3n) is 2.67. The summed E-state index contributed by atoms with van der Waals surface area (Å²) >= 11 is 0. The van der Waals surface area contributed by atoms with Crippen molar-refractivity contribution in [1.29, 1.82) is 0 Å². The van der Waals surface area contributed by atoms with Gasteiger partial charge < -0.3 is 9.26 Å². The van der Waals surface area contributed by atoms with Crippen LogP contribution in [0.2, 0.25) is 0 Å². The number of hydrogen-bond donors (Lipinski definition) is 0. The van der Waals surface area contributed by atoms with E-state index >= 15 is 0 Å². The Morgan fingerprint density at radius 1 is 1.40 bits per heavy atom. The Hall–Kier alpha value is -2.63. The van der Waals surface area contributed by atoms with E-state index in [1.807, 2.05) is 31.2 Å². The van der Waals surface area contributed by atoms with Crippen molar-refractivity contribution in [1.82, 2.24) is 5.16 Å². The molecule has 20 heavy (non-hydrogen) atoms. The minimum absolute atomic E-state index is 0.116. The summed E-state index contributed by atoms with van der Waals surface area (Å²) in [5, 5.41) is 14.5. The maximum absolute atomic E-state index is 10.9. The number of aromatic nitrogens is 1. The molecule has 0 saturated heterocycles. The second-order valence-electron chi connectivity index (χ2n) is 4.04. The summed E-state index contributed by atoms with van der Waals surface area (Å²) in [6, 6.07) is 7.42. The van der Waals surface area contributed by atoms with Gasteiger partial charge in [-0.15, -0.1) is 0 Å². The third kappa shape index (κ3) is 2.85. The summed E-state index contributed by atoms with van der Waals surface area (Å²) in [6.07, 6.45) is 3.23. The number of rotatable bonds is 5. The van der Waals surface area contributed by atoms with Gasteiger partial charge in [-0.2, -0.15) is 0 Å². The van der Waals surface area contributed by atoms with Gasteiger partial charge in [0.2, 0.25) is 5.76 Å². The van der Waals surface area contributed by atoms with Gasteiger partial charge in [-0.05, 0) is 32.1 Å². The highest BCUT2D eigenvalue weighted by molar-refractivity contribution is 5.74. The molecule has 0 fully saturated rings. The van der Waals surface area contributed by atoms with Crippen molar-refractivity contribution >= 4 is 17.8 Å². The van der Waals surface area contributed by atoms with Gasteiger partial charge in [0.25, 0.3) is 0 Å². The first-order valence-electron chi connectivity index (χ1n) is 6.14. The molecule has 0 N–H and O–H groups in total. The fourth-order valence-electron chi connectivity index (χ4n) is 1.78. The van der Waals surface area contributed by atoms with Crippen LogP contribution in [0.4, 0.5) is 5.69 Å². The van der Waals surface area contributed by atoms with Crippen LogP contribution < -0.4 is 4.74 Å². The first kappa shape index (κ1) is 13.8. The third-order valence-corrected chi connectivity index (χ3v) is 2.67. The molecule has 0 amide bonds. The van der Waals surface area contributed by atoms with Gasteiger partial charge in [0.1, 0.15) is 5.75 Å². The maximum Gasteiger partial charge on any atom is 0.338 e. The summed E-state index contributed by atoms with van der Waals surface area (Å²) < 4.78 is 10.4. The number of benzene rings is 1. The van der Waals surface area contributed by atoms with Crippen LogP contribution in [0, 0.1) is 17.0 Å². The van der Waals surface area contributed by atoms with E-state index < -0.39 is 4.92 Å². The molecule has 0 radical (unpaired) electrons. The number of nitro groups is 1. The Morgan fingerprint density at radius 3 is 2.85 bits per heavy atom. The van der Waals surface area contributed by atoms with E-state index in [0.717, 1.165) is 5.56 Å².